The van der Waals surface area contributed by atoms with Gasteiger partial charge < -0.3 is 19.3 Å². The number of hydrogen-bond donors (Lipinski definition) is 1. The Morgan fingerprint density at radius 2 is 0.919 bits per heavy atom. The maximum absolute atomic E-state index is 11.1. The van der Waals surface area contributed by atoms with Gasteiger partial charge >= 0.3 is 0 Å². The average molecular weight is 515 g/mol. The second-order valence-electron chi connectivity index (χ2n) is 12.4. The van der Waals surface area contributed by atoms with Gasteiger partial charge in [0.25, 0.3) is 0 Å². The van der Waals surface area contributed by atoms with Crippen LogP contribution in [0.4, 0.5) is 0 Å². The fraction of sp³-hybridized carbons (Fsp3) is 0.818. The Morgan fingerprint density at radius 1 is 0.541 bits per heavy atom. The molecule has 3 fully saturated rings. The summed E-state index contributed by atoms with van der Waals surface area (Å²) >= 11 is 0. The predicted octanol–water partition coefficient (Wildman–Crippen LogP) is 9.28. The lowest BCUT2D eigenvalue weighted by molar-refractivity contribution is -0.0937. The van der Waals surface area contributed by atoms with Crippen LogP contribution < -0.4 is 0 Å². The van der Waals surface area contributed by atoms with Crippen molar-refractivity contribution >= 4 is 0 Å². The summed E-state index contributed by atoms with van der Waals surface area (Å²) in [5.74, 6) is 0.335. The molecule has 210 valence electrons. The molecule has 4 nitrogen and oxygen atoms in total. The normalized spacial score (nSPS) is 23.1. The molecule has 4 rings (SSSR count). The fourth-order valence-electron chi connectivity index (χ4n) is 7.27. The van der Waals surface area contributed by atoms with Crippen LogP contribution in [0, 0.1) is 0 Å². The molecule has 4 heteroatoms. The number of phenols is 1. The summed E-state index contributed by atoms with van der Waals surface area (Å²) in [6.07, 6.45) is 21.4. The first-order valence-corrected chi connectivity index (χ1v) is 15.7. The first-order valence-electron chi connectivity index (χ1n) is 15.7. The Morgan fingerprint density at radius 3 is 1.32 bits per heavy atom. The van der Waals surface area contributed by atoms with Crippen LogP contribution in [0.2, 0.25) is 0 Å². The highest BCUT2D eigenvalue weighted by molar-refractivity contribution is 5.44. The molecule has 3 aliphatic rings. The monoisotopic (exact) mass is 514 g/mol. The van der Waals surface area contributed by atoms with Gasteiger partial charge in [0.2, 0.25) is 0 Å². The van der Waals surface area contributed by atoms with E-state index in [-0.39, 0.29) is 16.8 Å². The molecule has 1 aromatic carbocycles. The zero-order valence-electron chi connectivity index (χ0n) is 24.2. The maximum Gasteiger partial charge on any atom is 0.121 e. The van der Waals surface area contributed by atoms with Crippen molar-refractivity contribution in [3.8, 4) is 5.75 Å². The standard InChI is InChI=1S/C33H54O4/c1-4-31(18-10-7-11-19-31)35-24-27-16-17-30(34)29(26-37-33(6-3)22-14-9-15-23-33)28(27)25-36-32(5-2)20-12-8-13-21-32/h16-17,34H,4-15,18-26H2,1-3H3. The SMILES string of the molecule is CCC1(OCc2ccc(O)c(COC3(CC)CCCCC3)c2COC2(CC)CCCCC2)CCCCC1. The van der Waals surface area contributed by atoms with E-state index in [1.807, 2.05) is 6.07 Å². The van der Waals surface area contributed by atoms with Crippen molar-refractivity contribution in [3.63, 3.8) is 0 Å². The molecule has 0 aliphatic heterocycles. The maximum atomic E-state index is 11.1. The van der Waals surface area contributed by atoms with E-state index in [9.17, 15) is 5.11 Å². The van der Waals surface area contributed by atoms with Gasteiger partial charge in [-0.3, -0.25) is 0 Å². The van der Waals surface area contributed by atoms with Gasteiger partial charge in [-0.1, -0.05) is 84.6 Å². The summed E-state index contributed by atoms with van der Waals surface area (Å²) in [7, 11) is 0. The van der Waals surface area contributed by atoms with Gasteiger partial charge in [0.1, 0.15) is 5.75 Å². The van der Waals surface area contributed by atoms with Gasteiger partial charge in [0.15, 0.2) is 0 Å². The van der Waals surface area contributed by atoms with Crippen molar-refractivity contribution in [3.05, 3.63) is 28.8 Å². The van der Waals surface area contributed by atoms with E-state index in [0.29, 0.717) is 25.6 Å². The third kappa shape index (κ3) is 7.11. The summed E-state index contributed by atoms with van der Waals surface area (Å²) in [5.41, 5.74) is 3.07. The lowest BCUT2D eigenvalue weighted by Gasteiger charge is -2.39. The average Bonchev–Trinajstić information content (AvgIpc) is 2.96. The molecular weight excluding hydrogens is 460 g/mol. The van der Waals surface area contributed by atoms with E-state index in [4.69, 9.17) is 14.2 Å². The van der Waals surface area contributed by atoms with Crippen molar-refractivity contribution in [2.24, 2.45) is 0 Å². The lowest BCUT2D eigenvalue weighted by Crippen LogP contribution is -2.35. The second-order valence-corrected chi connectivity index (χ2v) is 12.4. The fourth-order valence-corrected chi connectivity index (χ4v) is 7.27. The van der Waals surface area contributed by atoms with Gasteiger partial charge in [-0.2, -0.15) is 0 Å². The predicted molar refractivity (Wildman–Crippen MR) is 151 cm³/mol. The highest BCUT2D eigenvalue weighted by Crippen LogP contribution is 2.40. The lowest BCUT2D eigenvalue weighted by atomic mass is 9.82. The number of rotatable bonds is 12. The summed E-state index contributed by atoms with van der Waals surface area (Å²) < 4.78 is 20.3. The largest absolute Gasteiger partial charge is 0.508 e. The Labute approximate surface area is 226 Å². The molecular formula is C33H54O4. The Balaban J connectivity index is 1.58. The van der Waals surface area contributed by atoms with Crippen molar-refractivity contribution < 1.29 is 19.3 Å². The number of ether oxygens (including phenoxy) is 3. The highest BCUT2D eigenvalue weighted by atomic mass is 16.5. The number of aromatic hydroxyl groups is 1. The smallest absolute Gasteiger partial charge is 0.121 e. The van der Waals surface area contributed by atoms with Crippen molar-refractivity contribution in [1.29, 1.82) is 0 Å². The Bertz CT molecular complexity index is 829. The minimum absolute atomic E-state index is 0.00664. The summed E-state index contributed by atoms with van der Waals surface area (Å²) in [6.45, 7) is 8.35. The third-order valence-corrected chi connectivity index (χ3v) is 10.3. The van der Waals surface area contributed by atoms with Crippen molar-refractivity contribution in [1.82, 2.24) is 0 Å². The van der Waals surface area contributed by atoms with Crippen LogP contribution in [-0.4, -0.2) is 21.9 Å². The van der Waals surface area contributed by atoms with Crippen molar-refractivity contribution in [2.75, 3.05) is 0 Å². The number of phenolic OH excluding ortho intramolecular Hbond substituents is 1. The summed E-state index contributed by atoms with van der Waals surface area (Å²) in [6, 6.07) is 3.93. The van der Waals surface area contributed by atoms with Gasteiger partial charge in [0, 0.05) is 5.56 Å². The summed E-state index contributed by atoms with van der Waals surface area (Å²) in [5, 5.41) is 11.1. The topological polar surface area (TPSA) is 47.9 Å². The molecule has 0 aromatic heterocycles. The molecule has 0 amide bonds. The molecule has 3 saturated carbocycles. The zero-order valence-corrected chi connectivity index (χ0v) is 24.2. The van der Waals surface area contributed by atoms with E-state index in [2.05, 4.69) is 26.8 Å². The van der Waals surface area contributed by atoms with E-state index in [1.54, 1.807) is 0 Å². The van der Waals surface area contributed by atoms with Crippen LogP contribution in [0.15, 0.2) is 12.1 Å². The van der Waals surface area contributed by atoms with Crippen LogP contribution in [0.25, 0.3) is 0 Å². The van der Waals surface area contributed by atoms with E-state index in [1.165, 1.54) is 57.8 Å². The van der Waals surface area contributed by atoms with Crippen LogP contribution >= 0.6 is 0 Å². The first kappa shape index (κ1) is 28.9. The zero-order chi connectivity index (χ0) is 26.2. The molecule has 0 bridgehead atoms. The van der Waals surface area contributed by atoms with Gasteiger partial charge in [-0.15, -0.1) is 0 Å². The molecule has 0 unspecified atom stereocenters. The number of benzene rings is 1. The molecule has 0 radical (unpaired) electrons. The molecule has 1 N–H and O–H groups in total. The molecule has 0 spiro atoms. The van der Waals surface area contributed by atoms with Crippen LogP contribution in [0.3, 0.4) is 0 Å². The highest BCUT2D eigenvalue weighted by Gasteiger charge is 2.35. The van der Waals surface area contributed by atoms with Crippen LogP contribution in [0.1, 0.15) is 153 Å². The first-order chi connectivity index (χ1) is 18.0. The Kier molecular flexibility index (Phi) is 10.4. The van der Waals surface area contributed by atoms with Gasteiger partial charge in [-0.25, -0.2) is 0 Å². The molecule has 0 saturated heterocycles. The molecule has 1 aromatic rings. The molecule has 37 heavy (non-hydrogen) atoms. The van der Waals surface area contributed by atoms with Gasteiger partial charge in [-0.05, 0) is 75.0 Å². The quantitative estimate of drug-likeness (QED) is 0.302. The molecule has 0 atom stereocenters. The minimum atomic E-state index is -0.0578. The van der Waals surface area contributed by atoms with E-state index < -0.39 is 0 Å². The molecule has 3 aliphatic carbocycles. The summed E-state index contributed by atoms with van der Waals surface area (Å²) in [4.78, 5) is 0. The Hall–Kier alpha value is -1.10. The van der Waals surface area contributed by atoms with Gasteiger partial charge in [0.05, 0.1) is 36.6 Å². The van der Waals surface area contributed by atoms with Crippen LogP contribution in [0.5, 0.6) is 5.75 Å². The van der Waals surface area contributed by atoms with Crippen LogP contribution in [-0.2, 0) is 34.0 Å². The molecule has 0 heterocycles. The third-order valence-electron chi connectivity index (χ3n) is 10.3. The second kappa shape index (κ2) is 13.3. The van der Waals surface area contributed by atoms with Crippen molar-refractivity contribution in [2.45, 2.75) is 173 Å². The van der Waals surface area contributed by atoms with E-state index in [0.717, 1.165) is 74.5 Å². The van der Waals surface area contributed by atoms with E-state index >= 15 is 0 Å². The number of hydrogen-bond acceptors (Lipinski definition) is 4. The minimum Gasteiger partial charge on any atom is -0.508 e.